The van der Waals surface area contributed by atoms with Gasteiger partial charge in [0, 0.05) is 32.1 Å². The number of hydrogen-bond acceptors (Lipinski definition) is 3. The Bertz CT molecular complexity index is 610. The molecule has 2 saturated heterocycles. The van der Waals surface area contributed by atoms with Crippen molar-refractivity contribution in [1.82, 2.24) is 8.61 Å². The molecule has 0 saturated carbocycles. The minimum absolute atomic E-state index is 0.0687. The molecule has 0 amide bonds. The van der Waals surface area contributed by atoms with Crippen LogP contribution in [-0.2, 0) is 14.9 Å². The number of morpholine rings is 1. The average Bonchev–Trinajstić information content (AvgIpc) is 2.85. The molecule has 22 heavy (non-hydrogen) atoms. The van der Waals surface area contributed by atoms with Gasteiger partial charge in [0.2, 0.25) is 0 Å². The molecule has 1 atom stereocenters. The SMILES string of the molecule is CC1(C)CN(S(=O)(=O)N2CCOCC2)C[C@H]1c1ccccc1. The fourth-order valence-corrected chi connectivity index (χ4v) is 5.21. The third kappa shape index (κ3) is 2.93. The Morgan fingerprint density at radius 2 is 1.73 bits per heavy atom. The van der Waals surface area contributed by atoms with Gasteiger partial charge < -0.3 is 4.74 Å². The Morgan fingerprint density at radius 3 is 2.36 bits per heavy atom. The van der Waals surface area contributed by atoms with Crippen molar-refractivity contribution in [1.29, 1.82) is 0 Å². The van der Waals surface area contributed by atoms with Crippen molar-refractivity contribution in [2.45, 2.75) is 19.8 Å². The minimum Gasteiger partial charge on any atom is -0.379 e. The summed E-state index contributed by atoms with van der Waals surface area (Å²) >= 11 is 0. The van der Waals surface area contributed by atoms with Crippen LogP contribution < -0.4 is 0 Å². The maximum atomic E-state index is 12.8. The van der Waals surface area contributed by atoms with Gasteiger partial charge in [0.05, 0.1) is 13.2 Å². The Labute approximate surface area is 133 Å². The fraction of sp³-hybridized carbons (Fsp3) is 0.625. The van der Waals surface area contributed by atoms with Gasteiger partial charge in [0.25, 0.3) is 10.2 Å². The molecular weight excluding hydrogens is 300 g/mol. The predicted molar refractivity (Wildman–Crippen MR) is 85.8 cm³/mol. The molecular formula is C16H24N2O3S. The summed E-state index contributed by atoms with van der Waals surface area (Å²) < 4.78 is 34.2. The van der Waals surface area contributed by atoms with Crippen molar-refractivity contribution < 1.29 is 13.2 Å². The van der Waals surface area contributed by atoms with Gasteiger partial charge in [-0.1, -0.05) is 44.2 Å². The zero-order valence-electron chi connectivity index (χ0n) is 13.2. The summed E-state index contributed by atoms with van der Waals surface area (Å²) in [6.07, 6.45) is 0. The first kappa shape index (κ1) is 15.9. The average molecular weight is 324 g/mol. The van der Waals surface area contributed by atoms with Crippen molar-refractivity contribution >= 4 is 10.2 Å². The highest BCUT2D eigenvalue weighted by atomic mass is 32.2. The molecule has 2 aliphatic heterocycles. The summed E-state index contributed by atoms with van der Waals surface area (Å²) in [5.41, 5.74) is 1.15. The van der Waals surface area contributed by atoms with Crippen LogP contribution in [0.3, 0.4) is 0 Å². The van der Waals surface area contributed by atoms with E-state index in [-0.39, 0.29) is 11.3 Å². The second-order valence-electron chi connectivity index (χ2n) is 6.76. The lowest BCUT2D eigenvalue weighted by Gasteiger charge is -2.30. The second-order valence-corrected chi connectivity index (χ2v) is 8.69. The zero-order valence-corrected chi connectivity index (χ0v) is 14.1. The molecule has 0 bridgehead atoms. The minimum atomic E-state index is -3.39. The van der Waals surface area contributed by atoms with E-state index in [0.29, 0.717) is 39.4 Å². The molecule has 3 rings (SSSR count). The molecule has 0 aliphatic carbocycles. The lowest BCUT2D eigenvalue weighted by Crippen LogP contribution is -2.48. The van der Waals surface area contributed by atoms with Crippen molar-refractivity contribution in [3.05, 3.63) is 35.9 Å². The first-order valence-corrected chi connectivity index (χ1v) is 9.19. The van der Waals surface area contributed by atoms with Gasteiger partial charge in [-0.2, -0.15) is 17.0 Å². The van der Waals surface area contributed by atoms with Crippen molar-refractivity contribution in [2.24, 2.45) is 5.41 Å². The quantitative estimate of drug-likeness (QED) is 0.850. The topological polar surface area (TPSA) is 49.9 Å². The lowest BCUT2D eigenvalue weighted by atomic mass is 9.78. The molecule has 5 nitrogen and oxygen atoms in total. The zero-order chi connectivity index (χ0) is 15.8. The third-order valence-corrected chi connectivity index (χ3v) is 6.69. The van der Waals surface area contributed by atoms with E-state index in [1.165, 1.54) is 5.56 Å². The number of hydrogen-bond donors (Lipinski definition) is 0. The first-order valence-electron chi connectivity index (χ1n) is 7.79. The molecule has 0 unspecified atom stereocenters. The van der Waals surface area contributed by atoms with Crippen LogP contribution in [0.15, 0.2) is 30.3 Å². The summed E-state index contributed by atoms with van der Waals surface area (Å²) in [6.45, 7) is 7.30. The highest BCUT2D eigenvalue weighted by Gasteiger charge is 2.46. The van der Waals surface area contributed by atoms with E-state index in [1.54, 1.807) is 8.61 Å². The number of nitrogens with zero attached hydrogens (tertiary/aromatic N) is 2. The number of benzene rings is 1. The summed E-state index contributed by atoms with van der Waals surface area (Å²) in [5, 5.41) is 0. The van der Waals surface area contributed by atoms with Gasteiger partial charge in [-0.3, -0.25) is 0 Å². The monoisotopic (exact) mass is 324 g/mol. The van der Waals surface area contributed by atoms with Gasteiger partial charge >= 0.3 is 0 Å². The van der Waals surface area contributed by atoms with Gasteiger partial charge in [0.15, 0.2) is 0 Å². The van der Waals surface area contributed by atoms with Crippen molar-refractivity contribution in [3.63, 3.8) is 0 Å². The fourth-order valence-electron chi connectivity index (χ4n) is 3.44. The lowest BCUT2D eigenvalue weighted by molar-refractivity contribution is 0.0704. The van der Waals surface area contributed by atoms with Crippen LogP contribution in [0.4, 0.5) is 0 Å². The number of rotatable bonds is 3. The van der Waals surface area contributed by atoms with Gasteiger partial charge in [-0.05, 0) is 11.0 Å². The summed E-state index contributed by atoms with van der Waals surface area (Å²) in [4.78, 5) is 0. The highest BCUT2D eigenvalue weighted by molar-refractivity contribution is 7.86. The van der Waals surface area contributed by atoms with Crippen molar-refractivity contribution in [2.75, 3.05) is 39.4 Å². The van der Waals surface area contributed by atoms with Gasteiger partial charge in [-0.15, -0.1) is 0 Å². The molecule has 2 fully saturated rings. The van der Waals surface area contributed by atoms with Crippen LogP contribution in [0.5, 0.6) is 0 Å². The molecule has 0 spiro atoms. The van der Waals surface area contributed by atoms with E-state index in [4.69, 9.17) is 4.74 Å². The maximum absolute atomic E-state index is 12.8. The van der Waals surface area contributed by atoms with Gasteiger partial charge in [0.1, 0.15) is 0 Å². The Morgan fingerprint density at radius 1 is 1.09 bits per heavy atom. The predicted octanol–water partition coefficient (Wildman–Crippen LogP) is 1.69. The molecule has 6 heteroatoms. The molecule has 0 radical (unpaired) electrons. The molecule has 1 aromatic rings. The largest absolute Gasteiger partial charge is 0.379 e. The van der Waals surface area contributed by atoms with Crippen molar-refractivity contribution in [3.8, 4) is 0 Å². The van der Waals surface area contributed by atoms with Crippen LogP contribution in [0.2, 0.25) is 0 Å². The molecule has 2 heterocycles. The van der Waals surface area contributed by atoms with Crippen LogP contribution in [0, 0.1) is 5.41 Å². The van der Waals surface area contributed by atoms with Crippen LogP contribution in [0.1, 0.15) is 25.3 Å². The summed E-state index contributed by atoms with van der Waals surface area (Å²) in [6, 6.07) is 10.2. The van der Waals surface area contributed by atoms with E-state index in [1.807, 2.05) is 18.2 Å². The Balaban J connectivity index is 1.82. The standard InChI is InChI=1S/C16H24N2O3S/c1-16(2)13-18(12-15(16)14-6-4-3-5-7-14)22(19,20)17-8-10-21-11-9-17/h3-7,15H,8-13H2,1-2H3/t15-/m0/s1. The smallest absolute Gasteiger partial charge is 0.282 e. The molecule has 1 aromatic carbocycles. The Kier molecular flexibility index (Phi) is 4.29. The maximum Gasteiger partial charge on any atom is 0.282 e. The molecule has 0 N–H and O–H groups in total. The van der Waals surface area contributed by atoms with E-state index in [2.05, 4.69) is 26.0 Å². The molecule has 122 valence electrons. The summed E-state index contributed by atoms with van der Waals surface area (Å²) in [7, 11) is -3.39. The second kappa shape index (κ2) is 5.92. The van der Waals surface area contributed by atoms with E-state index in [9.17, 15) is 8.42 Å². The van der Waals surface area contributed by atoms with E-state index in [0.717, 1.165) is 0 Å². The first-order chi connectivity index (χ1) is 10.4. The Hall–Kier alpha value is -0.950. The normalized spacial score (nSPS) is 27.1. The van der Waals surface area contributed by atoms with E-state index >= 15 is 0 Å². The highest BCUT2D eigenvalue weighted by Crippen LogP contribution is 2.43. The van der Waals surface area contributed by atoms with Gasteiger partial charge in [-0.25, -0.2) is 0 Å². The third-order valence-electron chi connectivity index (χ3n) is 4.74. The molecule has 2 aliphatic rings. The van der Waals surface area contributed by atoms with Crippen LogP contribution in [-0.4, -0.2) is 56.4 Å². The number of ether oxygens (including phenoxy) is 1. The molecule has 0 aromatic heterocycles. The summed E-state index contributed by atoms with van der Waals surface area (Å²) in [5.74, 6) is 0.226. The van der Waals surface area contributed by atoms with E-state index < -0.39 is 10.2 Å². The van der Waals surface area contributed by atoms with Crippen LogP contribution in [0.25, 0.3) is 0 Å². The van der Waals surface area contributed by atoms with Crippen LogP contribution >= 0.6 is 0 Å².